The van der Waals surface area contributed by atoms with Crippen LogP contribution in [0.4, 0.5) is 5.69 Å². The van der Waals surface area contributed by atoms with Gasteiger partial charge >= 0.3 is 0 Å². The smallest absolute Gasteiger partial charge is 0.127 e. The number of rotatable bonds is 5. The number of methoxy groups -OCH3 is 1. The third-order valence-corrected chi connectivity index (χ3v) is 4.01. The standard InChI is InChI=1S/C19H19N5O2/c1-26-13-4-5-14(12(7-13)10-25)18-17(19(21)22)15(20)8-16(24-18)11-3-2-6-23-9-11/h2-9,25H,10H2,1H3,(H2,20,24)(H3,21,22). The van der Waals surface area contributed by atoms with Gasteiger partial charge in [0.25, 0.3) is 0 Å². The van der Waals surface area contributed by atoms with E-state index in [2.05, 4.69) is 9.97 Å². The van der Waals surface area contributed by atoms with E-state index in [-0.39, 0.29) is 12.4 Å². The number of nitrogens with two attached hydrogens (primary N) is 2. The number of anilines is 1. The minimum Gasteiger partial charge on any atom is -0.497 e. The zero-order valence-corrected chi connectivity index (χ0v) is 14.2. The van der Waals surface area contributed by atoms with Crippen LogP contribution < -0.4 is 16.2 Å². The van der Waals surface area contributed by atoms with E-state index in [0.717, 1.165) is 5.56 Å². The fourth-order valence-corrected chi connectivity index (χ4v) is 2.76. The highest BCUT2D eigenvalue weighted by atomic mass is 16.5. The average molecular weight is 349 g/mol. The molecule has 2 heterocycles. The maximum atomic E-state index is 9.78. The number of nitrogen functional groups attached to an aromatic ring is 2. The summed E-state index contributed by atoms with van der Waals surface area (Å²) in [5, 5.41) is 17.7. The van der Waals surface area contributed by atoms with Crippen molar-refractivity contribution in [3.63, 3.8) is 0 Å². The number of amidine groups is 1. The summed E-state index contributed by atoms with van der Waals surface area (Å²) in [6, 6.07) is 10.6. The Morgan fingerprint density at radius 3 is 2.69 bits per heavy atom. The van der Waals surface area contributed by atoms with E-state index in [0.29, 0.717) is 39.5 Å². The second kappa shape index (κ2) is 7.20. The molecule has 0 aliphatic heterocycles. The summed E-state index contributed by atoms with van der Waals surface area (Å²) in [6.45, 7) is -0.220. The van der Waals surface area contributed by atoms with Crippen LogP contribution in [0.2, 0.25) is 0 Å². The topological polar surface area (TPSA) is 131 Å². The molecule has 0 saturated carbocycles. The van der Waals surface area contributed by atoms with Crippen LogP contribution >= 0.6 is 0 Å². The molecule has 26 heavy (non-hydrogen) atoms. The lowest BCUT2D eigenvalue weighted by atomic mass is 9.97. The molecular weight excluding hydrogens is 330 g/mol. The Kier molecular flexibility index (Phi) is 4.81. The van der Waals surface area contributed by atoms with Gasteiger partial charge in [-0.1, -0.05) is 0 Å². The van der Waals surface area contributed by atoms with Gasteiger partial charge in [0.15, 0.2) is 0 Å². The molecule has 7 heteroatoms. The number of nitrogens with zero attached hydrogens (tertiary/aromatic N) is 2. The van der Waals surface area contributed by atoms with Gasteiger partial charge in [-0.05, 0) is 42.0 Å². The van der Waals surface area contributed by atoms with Crippen LogP contribution in [0, 0.1) is 5.41 Å². The van der Waals surface area contributed by atoms with Crippen molar-refractivity contribution in [2.24, 2.45) is 5.73 Å². The Morgan fingerprint density at radius 1 is 1.27 bits per heavy atom. The second-order valence-corrected chi connectivity index (χ2v) is 5.66. The highest BCUT2D eigenvalue weighted by Gasteiger charge is 2.18. The van der Waals surface area contributed by atoms with Gasteiger partial charge in [0.05, 0.1) is 30.7 Å². The monoisotopic (exact) mass is 349 g/mol. The van der Waals surface area contributed by atoms with Crippen LogP contribution in [-0.2, 0) is 6.61 Å². The van der Waals surface area contributed by atoms with Gasteiger partial charge in [0, 0.05) is 29.2 Å². The van der Waals surface area contributed by atoms with E-state index >= 15 is 0 Å². The van der Waals surface area contributed by atoms with Crippen LogP contribution in [0.1, 0.15) is 11.1 Å². The van der Waals surface area contributed by atoms with Crippen LogP contribution in [-0.4, -0.2) is 28.0 Å². The van der Waals surface area contributed by atoms with Crippen molar-refractivity contribution in [2.75, 3.05) is 12.8 Å². The minimum atomic E-state index is -0.220. The van der Waals surface area contributed by atoms with E-state index in [1.54, 1.807) is 49.8 Å². The number of pyridine rings is 2. The van der Waals surface area contributed by atoms with Crippen molar-refractivity contribution in [3.8, 4) is 28.3 Å². The van der Waals surface area contributed by atoms with Crippen LogP contribution in [0.5, 0.6) is 5.75 Å². The quantitative estimate of drug-likeness (QED) is 0.412. The number of aliphatic hydroxyl groups excluding tert-OH is 1. The Labute approximate surface area is 150 Å². The van der Waals surface area contributed by atoms with Gasteiger partial charge in [0.1, 0.15) is 11.6 Å². The molecular formula is C19H19N5O2. The summed E-state index contributed by atoms with van der Waals surface area (Å²) in [7, 11) is 1.55. The van der Waals surface area contributed by atoms with Crippen molar-refractivity contribution in [3.05, 3.63) is 59.9 Å². The number of benzene rings is 1. The summed E-state index contributed by atoms with van der Waals surface area (Å²) in [6.07, 6.45) is 3.35. The Balaban J connectivity index is 2.28. The van der Waals surface area contributed by atoms with Crippen molar-refractivity contribution in [2.45, 2.75) is 6.61 Å². The molecule has 0 aliphatic carbocycles. The first-order chi connectivity index (χ1) is 12.5. The summed E-state index contributed by atoms with van der Waals surface area (Å²) in [5.41, 5.74) is 15.7. The fourth-order valence-electron chi connectivity index (χ4n) is 2.76. The molecule has 0 bridgehead atoms. The number of aliphatic hydroxyl groups is 1. The molecule has 0 aliphatic rings. The van der Waals surface area contributed by atoms with Gasteiger partial charge in [-0.15, -0.1) is 0 Å². The summed E-state index contributed by atoms with van der Waals surface area (Å²) in [5.74, 6) is 0.418. The normalized spacial score (nSPS) is 10.5. The SMILES string of the molecule is COc1ccc(-c2nc(-c3cccnc3)cc(N)c2C(=N)N)c(CO)c1. The number of hydrogen-bond acceptors (Lipinski definition) is 6. The predicted molar refractivity (Wildman–Crippen MR) is 101 cm³/mol. The van der Waals surface area contributed by atoms with E-state index in [9.17, 15) is 5.11 Å². The maximum absolute atomic E-state index is 9.78. The second-order valence-electron chi connectivity index (χ2n) is 5.66. The predicted octanol–water partition coefficient (Wildman–Crippen LogP) is 2.18. The van der Waals surface area contributed by atoms with Crippen LogP contribution in [0.3, 0.4) is 0 Å². The van der Waals surface area contributed by atoms with Gasteiger partial charge < -0.3 is 21.3 Å². The van der Waals surface area contributed by atoms with Crippen LogP contribution in [0.25, 0.3) is 22.5 Å². The Morgan fingerprint density at radius 2 is 2.08 bits per heavy atom. The molecule has 0 radical (unpaired) electrons. The molecule has 1 aromatic carbocycles. The van der Waals surface area contributed by atoms with Gasteiger partial charge in [-0.25, -0.2) is 4.98 Å². The largest absolute Gasteiger partial charge is 0.497 e. The summed E-state index contributed by atoms with van der Waals surface area (Å²) in [4.78, 5) is 8.77. The molecule has 0 spiro atoms. The highest BCUT2D eigenvalue weighted by molar-refractivity contribution is 6.06. The molecule has 0 unspecified atom stereocenters. The van der Waals surface area contributed by atoms with Crippen molar-refractivity contribution < 1.29 is 9.84 Å². The fraction of sp³-hybridized carbons (Fsp3) is 0.105. The van der Waals surface area contributed by atoms with Crippen LogP contribution in [0.15, 0.2) is 48.8 Å². The molecule has 3 rings (SSSR count). The third kappa shape index (κ3) is 3.20. The van der Waals surface area contributed by atoms with Crippen molar-refractivity contribution in [1.29, 1.82) is 5.41 Å². The third-order valence-electron chi connectivity index (χ3n) is 4.01. The maximum Gasteiger partial charge on any atom is 0.127 e. The molecule has 2 aromatic heterocycles. The number of ether oxygens (including phenoxy) is 1. The molecule has 3 aromatic rings. The molecule has 6 N–H and O–H groups in total. The van der Waals surface area contributed by atoms with Gasteiger partial charge in [-0.3, -0.25) is 10.4 Å². The van der Waals surface area contributed by atoms with Crippen molar-refractivity contribution in [1.82, 2.24) is 9.97 Å². The number of hydrogen-bond donors (Lipinski definition) is 4. The van der Waals surface area contributed by atoms with Gasteiger partial charge in [0.2, 0.25) is 0 Å². The Hall–Kier alpha value is -3.45. The zero-order chi connectivity index (χ0) is 18.7. The first-order valence-corrected chi connectivity index (χ1v) is 7.88. The minimum absolute atomic E-state index is 0.192. The van der Waals surface area contributed by atoms with E-state index in [4.69, 9.17) is 21.6 Å². The number of nitrogens with one attached hydrogen (secondary N) is 1. The Bertz CT molecular complexity index is 958. The lowest BCUT2D eigenvalue weighted by Crippen LogP contribution is -2.17. The average Bonchev–Trinajstić information content (AvgIpc) is 2.67. The van der Waals surface area contributed by atoms with E-state index in [1.165, 1.54) is 0 Å². The first-order valence-electron chi connectivity index (χ1n) is 7.88. The zero-order valence-electron chi connectivity index (χ0n) is 14.2. The van der Waals surface area contributed by atoms with E-state index < -0.39 is 0 Å². The summed E-state index contributed by atoms with van der Waals surface area (Å²) < 4.78 is 5.21. The summed E-state index contributed by atoms with van der Waals surface area (Å²) >= 11 is 0. The molecule has 0 atom stereocenters. The van der Waals surface area contributed by atoms with Crippen molar-refractivity contribution >= 4 is 11.5 Å². The lowest BCUT2D eigenvalue weighted by Gasteiger charge is -2.16. The molecule has 7 nitrogen and oxygen atoms in total. The van der Waals surface area contributed by atoms with E-state index in [1.807, 2.05) is 6.07 Å². The molecule has 0 amide bonds. The molecule has 0 fully saturated rings. The lowest BCUT2D eigenvalue weighted by molar-refractivity contribution is 0.281. The molecule has 132 valence electrons. The van der Waals surface area contributed by atoms with Gasteiger partial charge in [-0.2, -0.15) is 0 Å². The highest BCUT2D eigenvalue weighted by Crippen LogP contribution is 2.33. The first kappa shape index (κ1) is 17.4. The number of aromatic nitrogens is 2. The molecule has 0 saturated heterocycles.